The van der Waals surface area contributed by atoms with Gasteiger partial charge in [0.15, 0.2) is 0 Å². The highest BCUT2D eigenvalue weighted by Gasteiger charge is 2.36. The van der Waals surface area contributed by atoms with E-state index in [0.717, 1.165) is 12.8 Å². The lowest BCUT2D eigenvalue weighted by atomic mass is 9.82. The number of piperidine rings is 1. The largest absolute Gasteiger partial charge is 0.326 e. The number of likely N-dealkylation sites (tertiary alicyclic amines) is 1. The fourth-order valence-electron chi connectivity index (χ4n) is 3.79. The van der Waals surface area contributed by atoms with Crippen LogP contribution in [-0.4, -0.2) is 29.6 Å². The van der Waals surface area contributed by atoms with Crippen molar-refractivity contribution in [2.24, 2.45) is 5.73 Å². The van der Waals surface area contributed by atoms with Crippen molar-refractivity contribution in [2.45, 2.75) is 71.4 Å². The maximum absolute atomic E-state index is 6.68. The number of hydrogen-bond donors (Lipinski definition) is 1. The lowest BCUT2D eigenvalue weighted by molar-refractivity contribution is 0.0546. The van der Waals surface area contributed by atoms with Crippen molar-refractivity contribution < 1.29 is 0 Å². The van der Waals surface area contributed by atoms with Gasteiger partial charge in [-0.25, -0.2) is 0 Å². The summed E-state index contributed by atoms with van der Waals surface area (Å²) in [7, 11) is 0. The summed E-state index contributed by atoms with van der Waals surface area (Å²) in [5.41, 5.74) is 10.9. The first-order valence-corrected chi connectivity index (χ1v) is 8.53. The number of benzene rings is 1. The number of nitrogens with zero attached hydrogens (tertiary/aromatic N) is 1. The molecule has 1 heterocycles. The van der Waals surface area contributed by atoms with E-state index in [1.54, 1.807) is 0 Å². The van der Waals surface area contributed by atoms with Crippen LogP contribution in [0.1, 0.15) is 56.2 Å². The van der Waals surface area contributed by atoms with Crippen LogP contribution < -0.4 is 5.73 Å². The molecule has 2 nitrogen and oxygen atoms in total. The highest BCUT2D eigenvalue weighted by Crippen LogP contribution is 2.28. The van der Waals surface area contributed by atoms with Crippen LogP contribution in [0.2, 0.25) is 0 Å². The first kappa shape index (κ1) is 16.5. The standard InChI is InChI=1S/C19H32N2/c1-5-19(4,21-9-7-6-8-10-21)18(20)14-17-12-15(2)11-16(3)13-17/h11-13,18H,5-10,14,20H2,1-4H3. The maximum atomic E-state index is 6.68. The molecule has 0 aromatic heterocycles. The van der Waals surface area contributed by atoms with E-state index in [1.165, 1.54) is 49.0 Å². The first-order chi connectivity index (χ1) is 9.95. The Morgan fingerprint density at radius 1 is 1.10 bits per heavy atom. The highest BCUT2D eigenvalue weighted by molar-refractivity contribution is 5.29. The molecule has 2 N–H and O–H groups in total. The van der Waals surface area contributed by atoms with Crippen molar-refractivity contribution in [3.63, 3.8) is 0 Å². The predicted molar refractivity (Wildman–Crippen MR) is 91.7 cm³/mol. The van der Waals surface area contributed by atoms with Gasteiger partial charge >= 0.3 is 0 Å². The molecule has 2 heteroatoms. The Kier molecular flexibility index (Phi) is 5.45. The van der Waals surface area contributed by atoms with Crippen LogP contribution >= 0.6 is 0 Å². The van der Waals surface area contributed by atoms with Crippen molar-refractivity contribution in [1.82, 2.24) is 4.90 Å². The van der Waals surface area contributed by atoms with Crippen LogP contribution in [0, 0.1) is 13.8 Å². The average Bonchev–Trinajstić information content (AvgIpc) is 2.46. The summed E-state index contributed by atoms with van der Waals surface area (Å²) in [4.78, 5) is 2.64. The van der Waals surface area contributed by atoms with E-state index in [1.807, 2.05) is 0 Å². The Morgan fingerprint density at radius 3 is 2.19 bits per heavy atom. The van der Waals surface area contributed by atoms with Crippen molar-refractivity contribution >= 4 is 0 Å². The molecule has 118 valence electrons. The quantitative estimate of drug-likeness (QED) is 0.892. The summed E-state index contributed by atoms with van der Waals surface area (Å²) in [5.74, 6) is 0. The summed E-state index contributed by atoms with van der Waals surface area (Å²) >= 11 is 0. The fourth-order valence-corrected chi connectivity index (χ4v) is 3.79. The molecule has 2 atom stereocenters. The maximum Gasteiger partial charge on any atom is 0.0332 e. The van der Waals surface area contributed by atoms with Gasteiger partial charge in [0, 0.05) is 11.6 Å². The summed E-state index contributed by atoms with van der Waals surface area (Å²) in [6.07, 6.45) is 6.13. The van der Waals surface area contributed by atoms with Crippen molar-refractivity contribution in [3.05, 3.63) is 34.9 Å². The smallest absolute Gasteiger partial charge is 0.0332 e. The van der Waals surface area contributed by atoms with Crippen molar-refractivity contribution in [1.29, 1.82) is 0 Å². The van der Waals surface area contributed by atoms with Gasteiger partial charge in [-0.05, 0) is 65.1 Å². The molecule has 1 aromatic carbocycles. The van der Waals surface area contributed by atoms with Crippen LogP contribution in [0.5, 0.6) is 0 Å². The van der Waals surface area contributed by atoms with Gasteiger partial charge in [-0.3, -0.25) is 4.90 Å². The minimum atomic E-state index is 0.123. The molecule has 0 saturated carbocycles. The molecule has 0 radical (unpaired) electrons. The van der Waals surface area contributed by atoms with Gasteiger partial charge in [-0.2, -0.15) is 0 Å². The molecule has 0 bridgehead atoms. The lowest BCUT2D eigenvalue weighted by Crippen LogP contribution is -2.59. The molecule has 1 aliphatic heterocycles. The molecule has 0 aliphatic carbocycles. The first-order valence-electron chi connectivity index (χ1n) is 8.53. The van der Waals surface area contributed by atoms with Gasteiger partial charge in [0.2, 0.25) is 0 Å². The number of aryl methyl sites for hydroxylation is 2. The van der Waals surface area contributed by atoms with E-state index in [2.05, 4.69) is 50.8 Å². The Labute approximate surface area is 130 Å². The normalized spacial score (nSPS) is 21.0. The van der Waals surface area contributed by atoms with Gasteiger partial charge in [-0.1, -0.05) is 42.7 Å². The van der Waals surface area contributed by atoms with E-state index < -0.39 is 0 Å². The fraction of sp³-hybridized carbons (Fsp3) is 0.684. The van der Waals surface area contributed by atoms with Gasteiger partial charge in [0.25, 0.3) is 0 Å². The second kappa shape index (κ2) is 6.93. The number of nitrogens with two attached hydrogens (primary N) is 1. The van der Waals surface area contributed by atoms with Crippen molar-refractivity contribution in [3.8, 4) is 0 Å². The Morgan fingerprint density at radius 2 is 1.67 bits per heavy atom. The zero-order valence-electron chi connectivity index (χ0n) is 14.3. The zero-order valence-corrected chi connectivity index (χ0v) is 14.3. The topological polar surface area (TPSA) is 29.3 Å². The van der Waals surface area contributed by atoms with Gasteiger partial charge < -0.3 is 5.73 Å². The summed E-state index contributed by atoms with van der Waals surface area (Å²) in [5, 5.41) is 0. The monoisotopic (exact) mass is 288 g/mol. The van der Waals surface area contributed by atoms with Crippen LogP contribution in [0.25, 0.3) is 0 Å². The molecule has 0 amide bonds. The van der Waals surface area contributed by atoms with E-state index in [-0.39, 0.29) is 11.6 Å². The average molecular weight is 288 g/mol. The molecule has 1 saturated heterocycles. The van der Waals surface area contributed by atoms with E-state index in [0.29, 0.717) is 0 Å². The van der Waals surface area contributed by atoms with Crippen molar-refractivity contribution in [2.75, 3.05) is 13.1 Å². The molecular weight excluding hydrogens is 256 g/mol. The molecule has 1 fully saturated rings. The van der Waals surface area contributed by atoms with Crippen LogP contribution in [0.15, 0.2) is 18.2 Å². The van der Waals surface area contributed by atoms with Gasteiger partial charge in [0.05, 0.1) is 0 Å². The van der Waals surface area contributed by atoms with Crippen LogP contribution in [-0.2, 0) is 6.42 Å². The predicted octanol–water partition coefficient (Wildman–Crippen LogP) is 3.83. The summed E-state index contributed by atoms with van der Waals surface area (Å²) < 4.78 is 0. The van der Waals surface area contributed by atoms with Crippen LogP contribution in [0.4, 0.5) is 0 Å². The number of hydrogen-bond acceptors (Lipinski definition) is 2. The van der Waals surface area contributed by atoms with E-state index in [9.17, 15) is 0 Å². The molecular formula is C19H32N2. The second-order valence-electron chi connectivity index (χ2n) is 7.07. The zero-order chi connectivity index (χ0) is 15.5. The molecule has 21 heavy (non-hydrogen) atoms. The SMILES string of the molecule is CCC(C)(C(N)Cc1cc(C)cc(C)c1)N1CCCCC1. The molecule has 0 spiro atoms. The third-order valence-electron chi connectivity index (χ3n) is 5.33. The third-order valence-corrected chi connectivity index (χ3v) is 5.33. The van der Waals surface area contributed by atoms with Crippen LogP contribution in [0.3, 0.4) is 0 Å². The van der Waals surface area contributed by atoms with Gasteiger partial charge in [0.1, 0.15) is 0 Å². The lowest BCUT2D eigenvalue weighted by Gasteiger charge is -2.47. The summed E-state index contributed by atoms with van der Waals surface area (Å²) in [6.45, 7) is 11.4. The summed E-state index contributed by atoms with van der Waals surface area (Å²) in [6, 6.07) is 7.01. The Bertz CT molecular complexity index is 442. The highest BCUT2D eigenvalue weighted by atomic mass is 15.2. The second-order valence-corrected chi connectivity index (χ2v) is 7.07. The van der Waals surface area contributed by atoms with E-state index in [4.69, 9.17) is 5.73 Å². The molecule has 1 aliphatic rings. The molecule has 2 rings (SSSR count). The molecule has 2 unspecified atom stereocenters. The Balaban J connectivity index is 2.13. The molecule has 1 aromatic rings. The minimum Gasteiger partial charge on any atom is -0.326 e. The van der Waals surface area contributed by atoms with Gasteiger partial charge in [-0.15, -0.1) is 0 Å². The minimum absolute atomic E-state index is 0.123. The van der Waals surface area contributed by atoms with E-state index >= 15 is 0 Å². The number of rotatable bonds is 5. The third kappa shape index (κ3) is 3.87. The Hall–Kier alpha value is -0.860.